The van der Waals surface area contributed by atoms with Crippen molar-refractivity contribution in [2.75, 3.05) is 26.8 Å². The van der Waals surface area contributed by atoms with E-state index in [0.29, 0.717) is 30.7 Å². The van der Waals surface area contributed by atoms with Crippen molar-refractivity contribution in [3.05, 3.63) is 83.4 Å². The highest BCUT2D eigenvalue weighted by atomic mass is 16.5. The van der Waals surface area contributed by atoms with Gasteiger partial charge in [0.05, 0.1) is 19.1 Å². The SMILES string of the molecule is COc1ccc2cc1OCCCCN(C(=O)c1onc3ncccc13)CCc1c([nH]c3ccccc13)C2. The summed E-state index contributed by atoms with van der Waals surface area (Å²) in [6.45, 7) is 1.68. The van der Waals surface area contributed by atoms with Gasteiger partial charge in [-0.25, -0.2) is 4.98 Å². The maximum absolute atomic E-state index is 13.7. The molecular formula is C29H28N4O4. The summed E-state index contributed by atoms with van der Waals surface area (Å²) in [5.74, 6) is 1.52. The average Bonchev–Trinajstić information content (AvgIpc) is 3.51. The van der Waals surface area contributed by atoms with Crippen LogP contribution in [0.2, 0.25) is 0 Å². The number of amides is 1. The van der Waals surface area contributed by atoms with Crippen molar-refractivity contribution in [3.8, 4) is 11.5 Å². The highest BCUT2D eigenvalue weighted by Gasteiger charge is 2.24. The molecule has 0 spiro atoms. The van der Waals surface area contributed by atoms with Gasteiger partial charge in [-0.3, -0.25) is 4.79 Å². The number of pyridine rings is 1. The molecule has 1 N–H and O–H groups in total. The van der Waals surface area contributed by atoms with Gasteiger partial charge in [-0.05, 0) is 60.7 Å². The van der Waals surface area contributed by atoms with Gasteiger partial charge in [0.25, 0.3) is 5.91 Å². The van der Waals surface area contributed by atoms with Crippen LogP contribution in [0.15, 0.2) is 65.3 Å². The molecule has 37 heavy (non-hydrogen) atoms. The van der Waals surface area contributed by atoms with Crippen molar-refractivity contribution in [3.63, 3.8) is 0 Å². The topological polar surface area (TPSA) is 93.5 Å². The molecule has 0 saturated heterocycles. The van der Waals surface area contributed by atoms with Crippen LogP contribution in [0.1, 0.15) is 40.2 Å². The first-order chi connectivity index (χ1) is 18.2. The summed E-state index contributed by atoms with van der Waals surface area (Å²) in [5, 5.41) is 5.80. The quantitative estimate of drug-likeness (QED) is 0.363. The molecule has 188 valence electrons. The van der Waals surface area contributed by atoms with Crippen LogP contribution >= 0.6 is 0 Å². The third kappa shape index (κ3) is 4.50. The fourth-order valence-electron chi connectivity index (χ4n) is 5.07. The summed E-state index contributed by atoms with van der Waals surface area (Å²) in [6.07, 6.45) is 4.67. The normalized spacial score (nSPS) is 14.7. The molecular weight excluding hydrogens is 468 g/mol. The third-order valence-corrected chi connectivity index (χ3v) is 6.96. The van der Waals surface area contributed by atoms with Crippen molar-refractivity contribution in [1.82, 2.24) is 20.0 Å². The third-order valence-electron chi connectivity index (χ3n) is 6.96. The largest absolute Gasteiger partial charge is 0.493 e. The fraction of sp³-hybridized carbons (Fsp3) is 0.276. The minimum atomic E-state index is -0.170. The Morgan fingerprint density at radius 3 is 2.86 bits per heavy atom. The zero-order valence-corrected chi connectivity index (χ0v) is 20.7. The summed E-state index contributed by atoms with van der Waals surface area (Å²) >= 11 is 0. The molecule has 0 aliphatic carbocycles. The summed E-state index contributed by atoms with van der Waals surface area (Å²) in [7, 11) is 1.65. The predicted octanol–water partition coefficient (Wildman–Crippen LogP) is 5.16. The van der Waals surface area contributed by atoms with Crippen molar-refractivity contribution < 1.29 is 18.8 Å². The number of benzene rings is 2. The molecule has 0 saturated carbocycles. The van der Waals surface area contributed by atoms with Gasteiger partial charge in [0.15, 0.2) is 11.5 Å². The predicted molar refractivity (Wildman–Crippen MR) is 140 cm³/mol. The van der Waals surface area contributed by atoms with E-state index in [1.54, 1.807) is 19.4 Å². The zero-order chi connectivity index (χ0) is 25.2. The molecule has 4 heterocycles. The maximum atomic E-state index is 13.7. The molecule has 0 fully saturated rings. The lowest BCUT2D eigenvalue weighted by Gasteiger charge is -2.22. The number of fused-ring (bicyclic) bond motifs is 6. The van der Waals surface area contributed by atoms with E-state index in [1.165, 1.54) is 10.9 Å². The molecule has 6 rings (SSSR count). The van der Waals surface area contributed by atoms with Crippen LogP contribution in [0.3, 0.4) is 0 Å². The number of H-pyrrole nitrogens is 1. The van der Waals surface area contributed by atoms with Gasteiger partial charge in [0.1, 0.15) is 0 Å². The number of carbonyl (C=O) groups excluding carboxylic acids is 1. The van der Waals surface area contributed by atoms with Crippen LogP contribution in [-0.2, 0) is 12.8 Å². The van der Waals surface area contributed by atoms with Crippen molar-refractivity contribution in [2.24, 2.45) is 0 Å². The zero-order valence-electron chi connectivity index (χ0n) is 20.7. The molecule has 5 aromatic rings. The van der Waals surface area contributed by atoms with Crippen LogP contribution in [0.25, 0.3) is 21.9 Å². The number of para-hydroxylation sites is 1. The van der Waals surface area contributed by atoms with E-state index >= 15 is 0 Å². The molecule has 0 unspecified atom stereocenters. The number of rotatable bonds is 2. The molecule has 2 bridgehead atoms. The number of nitrogens with zero attached hydrogens (tertiary/aromatic N) is 3. The van der Waals surface area contributed by atoms with Gasteiger partial charge >= 0.3 is 0 Å². The number of nitrogens with one attached hydrogen (secondary N) is 1. The number of ether oxygens (including phenoxy) is 2. The molecule has 8 nitrogen and oxygen atoms in total. The van der Waals surface area contributed by atoms with Crippen LogP contribution in [0.4, 0.5) is 0 Å². The first-order valence-electron chi connectivity index (χ1n) is 12.6. The van der Waals surface area contributed by atoms with Gasteiger partial charge in [-0.1, -0.05) is 29.4 Å². The number of methoxy groups -OCH3 is 1. The lowest BCUT2D eigenvalue weighted by atomic mass is 10.0. The number of aromatic nitrogens is 3. The minimum Gasteiger partial charge on any atom is -0.493 e. The number of aromatic amines is 1. The Balaban J connectivity index is 1.37. The molecule has 2 aromatic carbocycles. The number of hydrogen-bond donors (Lipinski definition) is 1. The highest BCUT2D eigenvalue weighted by molar-refractivity contribution is 6.02. The Morgan fingerprint density at radius 2 is 1.95 bits per heavy atom. The Labute approximate surface area is 214 Å². The fourth-order valence-corrected chi connectivity index (χ4v) is 5.07. The van der Waals surface area contributed by atoms with Crippen LogP contribution < -0.4 is 9.47 Å². The van der Waals surface area contributed by atoms with E-state index in [9.17, 15) is 4.79 Å². The summed E-state index contributed by atoms with van der Waals surface area (Å²) in [5.41, 5.74) is 5.01. The second kappa shape index (κ2) is 9.97. The second-order valence-electron chi connectivity index (χ2n) is 9.27. The van der Waals surface area contributed by atoms with Crippen LogP contribution in [-0.4, -0.2) is 52.7 Å². The van der Waals surface area contributed by atoms with E-state index in [4.69, 9.17) is 14.0 Å². The van der Waals surface area contributed by atoms with Crippen LogP contribution in [0, 0.1) is 0 Å². The molecule has 8 heteroatoms. The minimum absolute atomic E-state index is 0.170. The molecule has 1 aliphatic rings. The average molecular weight is 497 g/mol. The Bertz CT molecular complexity index is 1570. The molecule has 1 aliphatic heterocycles. The van der Waals surface area contributed by atoms with E-state index in [2.05, 4.69) is 45.5 Å². The molecule has 0 radical (unpaired) electrons. The van der Waals surface area contributed by atoms with E-state index in [1.807, 2.05) is 23.1 Å². The number of carbonyl (C=O) groups is 1. The van der Waals surface area contributed by atoms with Gasteiger partial charge in [0, 0.05) is 42.3 Å². The first-order valence-corrected chi connectivity index (χ1v) is 12.6. The van der Waals surface area contributed by atoms with Crippen molar-refractivity contribution in [1.29, 1.82) is 0 Å². The highest BCUT2D eigenvalue weighted by Crippen LogP contribution is 2.31. The summed E-state index contributed by atoms with van der Waals surface area (Å²) in [4.78, 5) is 23.3. The Hall–Kier alpha value is -4.33. The summed E-state index contributed by atoms with van der Waals surface area (Å²) < 4.78 is 17.1. The molecule has 3 aromatic heterocycles. The second-order valence-corrected chi connectivity index (χ2v) is 9.27. The van der Waals surface area contributed by atoms with Gasteiger partial charge in [-0.15, -0.1) is 0 Å². The lowest BCUT2D eigenvalue weighted by molar-refractivity contribution is 0.0713. The van der Waals surface area contributed by atoms with E-state index in [0.717, 1.165) is 54.0 Å². The van der Waals surface area contributed by atoms with E-state index < -0.39 is 0 Å². The monoisotopic (exact) mass is 496 g/mol. The standard InChI is InChI=1S/C29H28N4O4/c1-35-25-11-10-19-17-24-21(20-7-2-3-9-23(20)31-24)12-15-33(14-4-5-16-36-26(25)18-19)29(34)27-22-8-6-13-30-28(22)32-37-27/h2-3,6-11,13,18,31H,4-5,12,14-17H2,1H3. The smallest absolute Gasteiger partial charge is 0.293 e. The van der Waals surface area contributed by atoms with Crippen molar-refractivity contribution in [2.45, 2.75) is 25.7 Å². The maximum Gasteiger partial charge on any atom is 0.293 e. The van der Waals surface area contributed by atoms with Crippen molar-refractivity contribution >= 4 is 27.8 Å². The molecule has 1 amide bonds. The molecule has 0 atom stereocenters. The summed E-state index contributed by atoms with van der Waals surface area (Å²) in [6, 6.07) is 18.0. The van der Waals surface area contributed by atoms with E-state index in [-0.39, 0.29) is 11.7 Å². The first kappa shape index (κ1) is 23.1. The van der Waals surface area contributed by atoms with Gasteiger partial charge in [-0.2, -0.15) is 0 Å². The van der Waals surface area contributed by atoms with Gasteiger partial charge in [0.2, 0.25) is 11.4 Å². The van der Waals surface area contributed by atoms with Crippen LogP contribution in [0.5, 0.6) is 11.5 Å². The Kier molecular flexibility index (Phi) is 6.22. The lowest BCUT2D eigenvalue weighted by Crippen LogP contribution is -2.34. The number of hydrogen-bond acceptors (Lipinski definition) is 6. The van der Waals surface area contributed by atoms with Gasteiger partial charge < -0.3 is 23.9 Å². The Morgan fingerprint density at radius 1 is 1.05 bits per heavy atom.